The van der Waals surface area contributed by atoms with Crippen LogP contribution in [0.15, 0.2) is 0 Å². The van der Waals surface area contributed by atoms with E-state index >= 15 is 0 Å². The molecule has 0 amide bonds. The van der Waals surface area contributed by atoms with Gasteiger partial charge in [0.25, 0.3) is 0 Å². The van der Waals surface area contributed by atoms with Gasteiger partial charge in [-0.2, -0.15) is 15.0 Å². The number of rotatable bonds is 6. The van der Waals surface area contributed by atoms with Crippen molar-refractivity contribution in [2.75, 3.05) is 36.1 Å². The van der Waals surface area contributed by atoms with E-state index in [2.05, 4.69) is 33.1 Å². The van der Waals surface area contributed by atoms with Gasteiger partial charge in [-0.3, -0.25) is 0 Å². The first-order valence-electron chi connectivity index (χ1n) is 5.57. The SMILES string of the molecule is C#CCCNc1nc(N)nc(N(C)CCC)n1. The van der Waals surface area contributed by atoms with Crippen molar-refractivity contribution >= 4 is 17.8 Å². The van der Waals surface area contributed by atoms with Crippen molar-refractivity contribution in [3.63, 3.8) is 0 Å². The summed E-state index contributed by atoms with van der Waals surface area (Å²) >= 11 is 0. The lowest BCUT2D eigenvalue weighted by molar-refractivity contribution is 0.813. The third-order valence-corrected chi connectivity index (χ3v) is 2.09. The Kier molecular flexibility index (Phi) is 5.01. The fourth-order valence-electron chi connectivity index (χ4n) is 1.31. The summed E-state index contributed by atoms with van der Waals surface area (Å²) in [6.07, 6.45) is 6.80. The topological polar surface area (TPSA) is 80.0 Å². The number of hydrogen-bond acceptors (Lipinski definition) is 6. The normalized spacial score (nSPS) is 9.71. The standard InChI is InChI=1S/C11H18N6/c1-4-6-7-13-10-14-9(12)15-11(16-10)17(3)8-5-2/h1H,5-8H2,2-3H3,(H3,12,13,14,15,16). The highest BCUT2D eigenvalue weighted by Gasteiger charge is 2.07. The third-order valence-electron chi connectivity index (χ3n) is 2.09. The van der Waals surface area contributed by atoms with Gasteiger partial charge in [0.05, 0.1) is 0 Å². The molecule has 1 rings (SSSR count). The van der Waals surface area contributed by atoms with Gasteiger partial charge in [-0.05, 0) is 6.42 Å². The molecule has 17 heavy (non-hydrogen) atoms. The Morgan fingerprint density at radius 2 is 2.18 bits per heavy atom. The lowest BCUT2D eigenvalue weighted by Gasteiger charge is -2.16. The van der Waals surface area contributed by atoms with E-state index in [0.29, 0.717) is 24.9 Å². The highest BCUT2D eigenvalue weighted by molar-refractivity contribution is 5.41. The van der Waals surface area contributed by atoms with Gasteiger partial charge in [0.15, 0.2) is 0 Å². The molecule has 0 bridgehead atoms. The second kappa shape index (κ2) is 6.53. The van der Waals surface area contributed by atoms with Crippen molar-refractivity contribution < 1.29 is 0 Å². The van der Waals surface area contributed by atoms with Gasteiger partial charge in [-0.25, -0.2) is 0 Å². The zero-order valence-corrected chi connectivity index (χ0v) is 10.3. The zero-order valence-electron chi connectivity index (χ0n) is 10.3. The number of nitrogen functional groups attached to an aromatic ring is 1. The van der Waals surface area contributed by atoms with Crippen LogP contribution < -0.4 is 16.0 Å². The fourth-order valence-corrected chi connectivity index (χ4v) is 1.31. The summed E-state index contributed by atoms with van der Waals surface area (Å²) in [6, 6.07) is 0. The van der Waals surface area contributed by atoms with Crippen molar-refractivity contribution in [3.8, 4) is 12.3 Å². The molecule has 0 fully saturated rings. The summed E-state index contributed by atoms with van der Waals surface area (Å²) in [5.41, 5.74) is 5.63. The molecule has 0 atom stereocenters. The number of anilines is 3. The van der Waals surface area contributed by atoms with Crippen LogP contribution in [-0.4, -0.2) is 35.1 Å². The molecule has 92 valence electrons. The first kappa shape index (κ1) is 13.0. The van der Waals surface area contributed by atoms with Gasteiger partial charge in [0.1, 0.15) is 0 Å². The number of nitrogens with two attached hydrogens (primary N) is 1. The average molecular weight is 234 g/mol. The molecule has 0 aromatic carbocycles. The predicted molar refractivity (Wildman–Crippen MR) is 69.7 cm³/mol. The molecule has 6 heteroatoms. The van der Waals surface area contributed by atoms with Gasteiger partial charge in [0, 0.05) is 26.6 Å². The Labute approximate surface area is 102 Å². The molecule has 0 radical (unpaired) electrons. The van der Waals surface area contributed by atoms with E-state index in [4.69, 9.17) is 12.2 Å². The number of nitrogens with zero attached hydrogens (tertiary/aromatic N) is 4. The van der Waals surface area contributed by atoms with Crippen molar-refractivity contribution in [1.82, 2.24) is 15.0 Å². The Bertz CT molecular complexity index is 397. The Morgan fingerprint density at radius 1 is 1.41 bits per heavy atom. The maximum atomic E-state index is 5.63. The summed E-state index contributed by atoms with van der Waals surface area (Å²) in [6.45, 7) is 3.58. The molecule has 1 aromatic heterocycles. The molecule has 0 unspecified atom stereocenters. The highest BCUT2D eigenvalue weighted by Crippen LogP contribution is 2.10. The molecule has 0 aliphatic carbocycles. The summed E-state index contributed by atoms with van der Waals surface area (Å²) in [4.78, 5) is 14.3. The Balaban J connectivity index is 2.75. The molecule has 0 saturated carbocycles. The second-order valence-corrected chi connectivity index (χ2v) is 3.62. The minimum absolute atomic E-state index is 0.209. The molecule has 3 N–H and O–H groups in total. The van der Waals surface area contributed by atoms with Gasteiger partial charge in [0.2, 0.25) is 17.8 Å². The second-order valence-electron chi connectivity index (χ2n) is 3.62. The molecular weight excluding hydrogens is 216 g/mol. The molecular formula is C11H18N6. The number of terminal acetylenes is 1. The predicted octanol–water partition coefficient (Wildman–Crippen LogP) is 0.735. The smallest absolute Gasteiger partial charge is 0.231 e. The molecule has 0 saturated heterocycles. The van der Waals surface area contributed by atoms with Gasteiger partial charge in [-0.1, -0.05) is 6.92 Å². The summed E-state index contributed by atoms with van der Waals surface area (Å²) < 4.78 is 0. The summed E-state index contributed by atoms with van der Waals surface area (Å²) in [7, 11) is 1.92. The molecule has 0 spiro atoms. The van der Waals surface area contributed by atoms with Gasteiger partial charge >= 0.3 is 0 Å². The van der Waals surface area contributed by atoms with Crippen LogP contribution in [0, 0.1) is 12.3 Å². The van der Waals surface area contributed by atoms with Crippen LogP contribution in [0.5, 0.6) is 0 Å². The summed E-state index contributed by atoms with van der Waals surface area (Å²) in [5, 5.41) is 3.01. The van der Waals surface area contributed by atoms with Crippen molar-refractivity contribution in [2.24, 2.45) is 0 Å². The van der Waals surface area contributed by atoms with Crippen LogP contribution in [0.4, 0.5) is 17.8 Å². The highest BCUT2D eigenvalue weighted by atomic mass is 15.3. The molecule has 1 heterocycles. The van der Waals surface area contributed by atoms with Crippen LogP contribution >= 0.6 is 0 Å². The number of nitrogens with one attached hydrogen (secondary N) is 1. The Hall–Kier alpha value is -2.03. The molecule has 0 aliphatic rings. The van der Waals surface area contributed by atoms with E-state index < -0.39 is 0 Å². The molecule has 0 aliphatic heterocycles. The molecule has 1 aromatic rings. The van der Waals surface area contributed by atoms with Crippen LogP contribution in [0.2, 0.25) is 0 Å². The van der Waals surface area contributed by atoms with Crippen LogP contribution in [0.1, 0.15) is 19.8 Å². The van der Waals surface area contributed by atoms with E-state index in [1.165, 1.54) is 0 Å². The van der Waals surface area contributed by atoms with Crippen molar-refractivity contribution in [3.05, 3.63) is 0 Å². The first-order chi connectivity index (χ1) is 8.17. The van der Waals surface area contributed by atoms with Gasteiger partial charge < -0.3 is 16.0 Å². The largest absolute Gasteiger partial charge is 0.368 e. The van der Waals surface area contributed by atoms with Crippen LogP contribution in [-0.2, 0) is 0 Å². The maximum absolute atomic E-state index is 5.63. The monoisotopic (exact) mass is 234 g/mol. The fraction of sp³-hybridized carbons (Fsp3) is 0.545. The van der Waals surface area contributed by atoms with Crippen molar-refractivity contribution in [1.29, 1.82) is 0 Å². The minimum Gasteiger partial charge on any atom is -0.368 e. The number of hydrogen-bond donors (Lipinski definition) is 2. The van der Waals surface area contributed by atoms with E-state index in [9.17, 15) is 0 Å². The quantitative estimate of drug-likeness (QED) is 0.558. The lowest BCUT2D eigenvalue weighted by atomic mass is 10.4. The van der Waals surface area contributed by atoms with E-state index in [0.717, 1.165) is 13.0 Å². The summed E-state index contributed by atoms with van der Waals surface area (Å²) in [5.74, 6) is 3.78. The lowest BCUT2D eigenvalue weighted by Crippen LogP contribution is -2.22. The van der Waals surface area contributed by atoms with Crippen LogP contribution in [0.25, 0.3) is 0 Å². The first-order valence-corrected chi connectivity index (χ1v) is 5.57. The minimum atomic E-state index is 0.209. The van der Waals surface area contributed by atoms with Crippen molar-refractivity contribution in [2.45, 2.75) is 19.8 Å². The third kappa shape index (κ3) is 4.15. The van der Waals surface area contributed by atoms with E-state index in [-0.39, 0.29) is 5.95 Å². The maximum Gasteiger partial charge on any atom is 0.231 e. The zero-order chi connectivity index (χ0) is 12.7. The average Bonchev–Trinajstić information content (AvgIpc) is 2.29. The Morgan fingerprint density at radius 3 is 2.82 bits per heavy atom. The van der Waals surface area contributed by atoms with E-state index in [1.807, 2.05) is 11.9 Å². The van der Waals surface area contributed by atoms with E-state index in [1.54, 1.807) is 0 Å². The van der Waals surface area contributed by atoms with Gasteiger partial charge in [-0.15, -0.1) is 12.3 Å². The number of aromatic nitrogens is 3. The van der Waals surface area contributed by atoms with Crippen LogP contribution in [0.3, 0.4) is 0 Å². The molecule has 6 nitrogen and oxygen atoms in total.